The lowest BCUT2D eigenvalue weighted by molar-refractivity contribution is 0.159. The Morgan fingerprint density at radius 3 is 1.31 bits per heavy atom. The van der Waals surface area contributed by atoms with E-state index in [9.17, 15) is 19.2 Å². The lowest BCUT2D eigenvalue weighted by Gasteiger charge is -2.34. The smallest absolute Gasteiger partial charge is 0.411 e. The van der Waals surface area contributed by atoms with Crippen molar-refractivity contribution < 1.29 is 28.7 Å². The number of amides is 6. The van der Waals surface area contributed by atoms with Gasteiger partial charge in [-0.3, -0.25) is 10.6 Å². The van der Waals surface area contributed by atoms with Gasteiger partial charge in [-0.25, -0.2) is 19.2 Å². The zero-order valence-electron chi connectivity index (χ0n) is 29.0. The van der Waals surface area contributed by atoms with Crippen molar-refractivity contribution in [3.8, 4) is 0 Å². The summed E-state index contributed by atoms with van der Waals surface area (Å²) in [6.07, 6.45) is 11.9. The number of unbranched alkanes of at least 4 members (excludes halogenated alkanes) is 2. The van der Waals surface area contributed by atoms with Gasteiger partial charge in [0.05, 0.1) is 13.2 Å². The predicted molar refractivity (Wildman–Crippen MR) is 193 cm³/mol. The van der Waals surface area contributed by atoms with Gasteiger partial charge < -0.3 is 30.7 Å². The molecule has 0 bridgehead atoms. The quantitative estimate of drug-likeness (QED) is 0.110. The van der Waals surface area contributed by atoms with Crippen LogP contribution in [0.5, 0.6) is 0 Å². The van der Waals surface area contributed by atoms with Gasteiger partial charge in [-0.2, -0.15) is 0 Å². The molecule has 2 saturated carbocycles. The highest BCUT2D eigenvalue weighted by Gasteiger charge is 2.28. The molecule has 0 aromatic heterocycles. The van der Waals surface area contributed by atoms with Crippen LogP contribution in [0.4, 0.5) is 41.9 Å². The minimum absolute atomic E-state index is 0.139. The summed E-state index contributed by atoms with van der Waals surface area (Å²) in [5.74, 6) is 1.31. The summed E-state index contributed by atoms with van der Waals surface area (Å²) in [7, 11) is 0. The third kappa shape index (κ3) is 13.9. The zero-order valence-corrected chi connectivity index (χ0v) is 29.0. The molecule has 6 amide bonds. The first kappa shape index (κ1) is 37.3. The van der Waals surface area contributed by atoms with E-state index in [4.69, 9.17) is 9.47 Å². The molecule has 0 aliphatic heterocycles. The highest BCUT2D eigenvalue weighted by Crippen LogP contribution is 2.35. The number of rotatable bonds is 14. The Balaban J connectivity index is 1.09. The highest BCUT2D eigenvalue weighted by molar-refractivity contribution is 5.92. The lowest BCUT2D eigenvalue weighted by atomic mass is 9.75. The second kappa shape index (κ2) is 20.1. The molecule has 2 aliphatic rings. The molecule has 4 rings (SSSR count). The normalized spacial score (nSPS) is 20.3. The van der Waals surface area contributed by atoms with Crippen LogP contribution in [-0.2, 0) is 9.47 Å². The van der Waals surface area contributed by atoms with Crippen molar-refractivity contribution in [2.45, 2.75) is 109 Å². The molecule has 2 aliphatic carbocycles. The maximum absolute atomic E-state index is 12.7. The van der Waals surface area contributed by atoms with Gasteiger partial charge in [0.1, 0.15) is 0 Å². The Kier molecular flexibility index (Phi) is 15.3. The average molecular weight is 679 g/mol. The van der Waals surface area contributed by atoms with E-state index in [0.717, 1.165) is 77.0 Å². The van der Waals surface area contributed by atoms with Crippen LogP contribution < -0.4 is 31.9 Å². The van der Waals surface area contributed by atoms with Crippen molar-refractivity contribution in [3.63, 3.8) is 0 Å². The van der Waals surface area contributed by atoms with Crippen molar-refractivity contribution in [2.24, 2.45) is 11.8 Å². The second-order valence-corrected chi connectivity index (χ2v) is 13.3. The first-order chi connectivity index (χ1) is 23.8. The van der Waals surface area contributed by atoms with E-state index in [0.29, 0.717) is 47.8 Å². The minimum Gasteiger partial charge on any atom is -0.449 e. The zero-order chi connectivity index (χ0) is 34.8. The number of ether oxygens (including phenoxy) is 2. The molecule has 0 heterocycles. The van der Waals surface area contributed by atoms with Gasteiger partial charge in [0, 0.05) is 34.8 Å². The number of hydrogen-bond donors (Lipinski definition) is 6. The third-order valence-electron chi connectivity index (χ3n) is 9.23. The first-order valence-electron chi connectivity index (χ1n) is 18.0. The van der Waals surface area contributed by atoms with E-state index >= 15 is 0 Å². The molecular weight excluding hydrogens is 624 g/mol. The molecule has 49 heavy (non-hydrogen) atoms. The Bertz CT molecular complexity index is 1250. The molecule has 0 spiro atoms. The van der Waals surface area contributed by atoms with Gasteiger partial charge >= 0.3 is 24.2 Å². The number of hydrogen-bond acceptors (Lipinski definition) is 6. The fourth-order valence-corrected chi connectivity index (χ4v) is 6.54. The first-order valence-corrected chi connectivity index (χ1v) is 18.0. The Morgan fingerprint density at radius 1 is 0.571 bits per heavy atom. The van der Waals surface area contributed by atoms with Gasteiger partial charge in [-0.1, -0.05) is 38.8 Å². The number of urea groups is 2. The summed E-state index contributed by atoms with van der Waals surface area (Å²) in [5, 5.41) is 17.4. The van der Waals surface area contributed by atoms with Crippen molar-refractivity contribution in [1.82, 2.24) is 10.6 Å². The van der Waals surface area contributed by atoms with E-state index in [-0.39, 0.29) is 24.1 Å². The van der Waals surface area contributed by atoms with Crippen LogP contribution in [0.15, 0.2) is 48.5 Å². The van der Waals surface area contributed by atoms with Crippen molar-refractivity contribution in [1.29, 1.82) is 0 Å². The molecule has 0 unspecified atom stereocenters. The summed E-state index contributed by atoms with van der Waals surface area (Å²) >= 11 is 0. The van der Waals surface area contributed by atoms with Crippen LogP contribution in [0.2, 0.25) is 0 Å². The fourth-order valence-electron chi connectivity index (χ4n) is 6.54. The number of anilines is 4. The highest BCUT2D eigenvalue weighted by atomic mass is 16.6. The molecule has 0 saturated heterocycles. The Hall–Kier alpha value is -4.48. The van der Waals surface area contributed by atoms with E-state index < -0.39 is 12.2 Å². The molecule has 0 radical (unpaired) electrons. The third-order valence-corrected chi connectivity index (χ3v) is 9.23. The van der Waals surface area contributed by atoms with Crippen LogP contribution in [0.25, 0.3) is 0 Å². The molecule has 12 heteroatoms. The molecule has 12 nitrogen and oxygen atoms in total. The van der Waals surface area contributed by atoms with Gasteiger partial charge in [0.2, 0.25) is 0 Å². The van der Waals surface area contributed by atoms with Gasteiger partial charge in [0.15, 0.2) is 0 Å². The topological polar surface area (TPSA) is 159 Å². The predicted octanol–water partition coefficient (Wildman–Crippen LogP) is 8.83. The maximum Gasteiger partial charge on any atom is 0.411 e. The van der Waals surface area contributed by atoms with Crippen LogP contribution >= 0.6 is 0 Å². The van der Waals surface area contributed by atoms with Crippen molar-refractivity contribution in [3.05, 3.63) is 48.5 Å². The summed E-state index contributed by atoms with van der Waals surface area (Å²) < 4.78 is 10.3. The number of nitrogens with one attached hydrogen (secondary N) is 6. The number of carbonyl (C=O) groups excluding carboxylic acids is 4. The largest absolute Gasteiger partial charge is 0.449 e. The number of carbonyl (C=O) groups is 4. The van der Waals surface area contributed by atoms with Gasteiger partial charge in [-0.15, -0.1) is 0 Å². The van der Waals surface area contributed by atoms with Crippen molar-refractivity contribution in [2.75, 3.05) is 34.5 Å². The molecule has 0 atom stereocenters. The monoisotopic (exact) mass is 678 g/mol. The Morgan fingerprint density at radius 2 is 0.939 bits per heavy atom. The standard InChI is InChI=1S/C37H54N6O6/c1-3-5-21-48-36(46)42-32-11-7-9-30(24-32)40-34(44)38-28-17-13-26(14-18-28)23-27-15-19-29(20-16-27)39-35(45)41-31-10-8-12-33(25-31)43-37(47)49-22-6-4-2/h7-12,24-29H,3-6,13-23H2,1-2H3,(H,42,46)(H,43,47)(H2,38,40,44)(H2,39,41,45). The minimum atomic E-state index is -0.504. The molecule has 2 aromatic rings. The van der Waals surface area contributed by atoms with Crippen LogP contribution in [0, 0.1) is 11.8 Å². The van der Waals surface area contributed by atoms with Crippen LogP contribution in [-0.4, -0.2) is 49.5 Å². The Labute approximate surface area is 290 Å². The van der Waals surface area contributed by atoms with Gasteiger partial charge in [-0.05, 0) is 119 Å². The summed E-state index contributed by atoms with van der Waals surface area (Å²) in [5.41, 5.74) is 2.32. The number of benzene rings is 2. The fraction of sp³-hybridized carbons (Fsp3) is 0.568. The van der Waals surface area contributed by atoms with E-state index in [2.05, 4.69) is 31.9 Å². The summed E-state index contributed by atoms with van der Waals surface area (Å²) in [6.45, 7) is 4.82. The van der Waals surface area contributed by atoms with Crippen LogP contribution in [0.3, 0.4) is 0 Å². The summed E-state index contributed by atoms with van der Waals surface area (Å²) in [4.78, 5) is 49.3. The molecule has 2 aromatic carbocycles. The van der Waals surface area contributed by atoms with Crippen molar-refractivity contribution >= 4 is 47.0 Å². The molecule has 268 valence electrons. The molecule has 2 fully saturated rings. The SMILES string of the molecule is CCCCOC(=O)Nc1cccc(NC(=O)NC2CCC(CC3CCC(NC(=O)Nc4cccc(NC(=O)OCCCC)c4)CC3)CC2)c1. The van der Waals surface area contributed by atoms with E-state index in [1.54, 1.807) is 48.5 Å². The maximum atomic E-state index is 12.7. The molecule has 6 N–H and O–H groups in total. The summed E-state index contributed by atoms with van der Waals surface area (Å²) in [6, 6.07) is 13.8. The van der Waals surface area contributed by atoms with E-state index in [1.165, 1.54) is 6.42 Å². The van der Waals surface area contributed by atoms with E-state index in [1.807, 2.05) is 13.8 Å². The van der Waals surface area contributed by atoms with Gasteiger partial charge in [0.25, 0.3) is 0 Å². The second-order valence-electron chi connectivity index (χ2n) is 13.3. The average Bonchev–Trinajstić information content (AvgIpc) is 3.07. The van der Waals surface area contributed by atoms with Crippen LogP contribution in [0.1, 0.15) is 97.3 Å². The lowest BCUT2D eigenvalue weighted by Crippen LogP contribution is -2.41. The molecular formula is C37H54N6O6.